The molecule has 0 aliphatic carbocycles. The molecule has 3 N–H and O–H groups in total. The fraction of sp³-hybridized carbons (Fsp3) is 0.250. The smallest absolute Gasteiger partial charge is 0.235 e. The fourth-order valence-corrected chi connectivity index (χ4v) is 5.11. The van der Waals surface area contributed by atoms with Crippen LogP contribution in [0.3, 0.4) is 0 Å². The summed E-state index contributed by atoms with van der Waals surface area (Å²) in [5.74, 6) is -0.930. The number of aromatic hydroxyl groups is 2. The molecule has 0 spiro atoms. The van der Waals surface area contributed by atoms with E-state index in [0.717, 1.165) is 0 Å². The summed E-state index contributed by atoms with van der Waals surface area (Å²) in [6.45, 7) is 1.55. The normalized spacial score (nSPS) is 15.9. The predicted molar refractivity (Wildman–Crippen MR) is 108 cm³/mol. The molecule has 29 heavy (non-hydrogen) atoms. The van der Waals surface area contributed by atoms with Crippen molar-refractivity contribution in [3.8, 4) is 22.8 Å². The number of aliphatic hydroxyl groups is 1. The Hall–Kier alpha value is -3.04. The average molecular weight is 417 g/mol. The molecule has 2 heterocycles. The first kappa shape index (κ1) is 19.3. The van der Waals surface area contributed by atoms with E-state index in [9.17, 15) is 28.5 Å². The van der Waals surface area contributed by atoms with Crippen LogP contribution in [0.25, 0.3) is 22.3 Å². The zero-order valence-electron chi connectivity index (χ0n) is 15.5. The Balaban J connectivity index is 2.04. The Morgan fingerprint density at radius 2 is 1.93 bits per heavy atom. The summed E-state index contributed by atoms with van der Waals surface area (Å²) >= 11 is 0. The lowest BCUT2D eigenvalue weighted by molar-refractivity contribution is 0.275. The van der Waals surface area contributed by atoms with Gasteiger partial charge in [-0.2, -0.15) is 0 Å². The number of aliphatic hydroxyl groups excluding tert-OH is 1. The Morgan fingerprint density at radius 1 is 1.17 bits per heavy atom. The summed E-state index contributed by atoms with van der Waals surface area (Å²) in [6.07, 6.45) is 0.463. The van der Waals surface area contributed by atoms with Crippen molar-refractivity contribution in [2.24, 2.45) is 0 Å². The van der Waals surface area contributed by atoms with E-state index in [4.69, 9.17) is 4.42 Å². The summed E-state index contributed by atoms with van der Waals surface area (Å²) in [5, 5.41) is 29.7. The van der Waals surface area contributed by atoms with Gasteiger partial charge in [-0.25, -0.2) is 8.42 Å². The van der Waals surface area contributed by atoms with E-state index in [1.165, 1.54) is 28.6 Å². The molecular weight excluding hydrogens is 398 g/mol. The molecule has 9 heteroatoms. The van der Waals surface area contributed by atoms with Crippen molar-refractivity contribution >= 4 is 26.7 Å². The zero-order valence-corrected chi connectivity index (χ0v) is 16.4. The van der Waals surface area contributed by atoms with Crippen LogP contribution < -0.4 is 9.73 Å². The maximum Gasteiger partial charge on any atom is 0.235 e. The van der Waals surface area contributed by atoms with Crippen molar-refractivity contribution in [2.75, 3.05) is 16.6 Å². The molecule has 2 aromatic carbocycles. The van der Waals surface area contributed by atoms with Crippen LogP contribution >= 0.6 is 0 Å². The summed E-state index contributed by atoms with van der Waals surface area (Å²) in [4.78, 5) is 12.8. The number of anilines is 1. The van der Waals surface area contributed by atoms with Crippen molar-refractivity contribution in [2.45, 2.75) is 20.0 Å². The number of fused-ring (bicyclic) bond motifs is 1. The summed E-state index contributed by atoms with van der Waals surface area (Å²) < 4.78 is 32.0. The molecule has 0 amide bonds. The van der Waals surface area contributed by atoms with Crippen molar-refractivity contribution in [3.05, 3.63) is 51.7 Å². The minimum absolute atomic E-state index is 0.00936. The molecular formula is C20H19NO7S. The van der Waals surface area contributed by atoms with E-state index >= 15 is 0 Å². The van der Waals surface area contributed by atoms with Crippen molar-refractivity contribution in [1.29, 1.82) is 0 Å². The van der Waals surface area contributed by atoms with Gasteiger partial charge in [-0.3, -0.25) is 9.10 Å². The van der Waals surface area contributed by atoms with Crippen LogP contribution in [0, 0.1) is 6.92 Å². The molecule has 4 rings (SSSR count). The number of hydrogen-bond donors (Lipinski definition) is 3. The molecule has 0 saturated carbocycles. The van der Waals surface area contributed by atoms with Gasteiger partial charge >= 0.3 is 0 Å². The highest BCUT2D eigenvalue weighted by atomic mass is 32.2. The van der Waals surface area contributed by atoms with E-state index in [1.54, 1.807) is 13.0 Å². The third-order valence-electron chi connectivity index (χ3n) is 4.97. The van der Waals surface area contributed by atoms with E-state index in [-0.39, 0.29) is 51.6 Å². The van der Waals surface area contributed by atoms with Crippen LogP contribution in [-0.4, -0.2) is 36.0 Å². The molecule has 3 aromatic rings. The number of benzene rings is 2. The molecule has 1 aromatic heterocycles. The maximum absolute atomic E-state index is 12.8. The SMILES string of the molecule is Cc1cc(N2CCCS2(=O)=O)c2oc(-c3ccc(O)c(CO)c3)c(O)c(=O)c2c1. The van der Waals surface area contributed by atoms with E-state index in [1.807, 2.05) is 0 Å². The number of rotatable bonds is 3. The minimum Gasteiger partial charge on any atom is -0.508 e. The molecule has 152 valence electrons. The fourth-order valence-electron chi connectivity index (χ4n) is 3.56. The Labute approximate surface area is 166 Å². The molecule has 1 fully saturated rings. The van der Waals surface area contributed by atoms with Crippen molar-refractivity contribution in [3.63, 3.8) is 0 Å². The van der Waals surface area contributed by atoms with E-state index in [0.29, 0.717) is 12.0 Å². The molecule has 0 atom stereocenters. The van der Waals surface area contributed by atoms with E-state index in [2.05, 4.69) is 0 Å². The Kier molecular flexibility index (Phi) is 4.51. The highest BCUT2D eigenvalue weighted by molar-refractivity contribution is 7.93. The topological polar surface area (TPSA) is 128 Å². The van der Waals surface area contributed by atoms with Gasteiger partial charge in [0.2, 0.25) is 21.2 Å². The first-order valence-electron chi connectivity index (χ1n) is 8.97. The van der Waals surface area contributed by atoms with Gasteiger partial charge in [-0.1, -0.05) is 0 Å². The second-order valence-electron chi connectivity index (χ2n) is 7.01. The standard InChI is InChI=1S/C20H19NO7S/c1-11-7-14-17(24)18(25)19(12-3-4-16(23)13(9-12)10-22)28-20(14)15(8-11)21-5-2-6-29(21,26)27/h3-4,7-9,22-23,25H,2,5-6,10H2,1H3. The number of sulfonamides is 1. The van der Waals surface area contributed by atoms with Crippen molar-refractivity contribution in [1.82, 2.24) is 0 Å². The zero-order chi connectivity index (χ0) is 20.9. The summed E-state index contributed by atoms with van der Waals surface area (Å²) in [5.41, 5.74) is 0.715. The number of aryl methyl sites for hydroxylation is 1. The molecule has 0 radical (unpaired) electrons. The van der Waals surface area contributed by atoms with Crippen LogP contribution in [-0.2, 0) is 16.6 Å². The molecule has 1 aliphatic heterocycles. The quantitative estimate of drug-likeness (QED) is 0.596. The average Bonchev–Trinajstić information content (AvgIpc) is 3.04. The predicted octanol–water partition coefficient (Wildman–Crippen LogP) is 2.21. The van der Waals surface area contributed by atoms with Gasteiger partial charge in [0.05, 0.1) is 23.4 Å². The monoisotopic (exact) mass is 417 g/mol. The number of nitrogens with zero attached hydrogens (tertiary/aromatic N) is 1. The molecule has 0 unspecified atom stereocenters. The second-order valence-corrected chi connectivity index (χ2v) is 9.03. The van der Waals surface area contributed by atoms with Crippen LogP contribution in [0.1, 0.15) is 17.5 Å². The van der Waals surface area contributed by atoms with Gasteiger partial charge in [0.1, 0.15) is 5.75 Å². The molecule has 1 saturated heterocycles. The van der Waals surface area contributed by atoms with Gasteiger partial charge in [-0.05, 0) is 49.2 Å². The van der Waals surface area contributed by atoms with Gasteiger partial charge in [0, 0.05) is 17.7 Å². The van der Waals surface area contributed by atoms with Crippen LogP contribution in [0.2, 0.25) is 0 Å². The highest BCUT2D eigenvalue weighted by Gasteiger charge is 2.31. The maximum atomic E-state index is 12.8. The second kappa shape index (κ2) is 6.78. The minimum atomic E-state index is -3.52. The third-order valence-corrected chi connectivity index (χ3v) is 6.83. The number of hydrogen-bond acceptors (Lipinski definition) is 7. The summed E-state index contributed by atoms with van der Waals surface area (Å²) in [7, 11) is -3.52. The van der Waals surface area contributed by atoms with Crippen LogP contribution in [0.5, 0.6) is 11.5 Å². The third kappa shape index (κ3) is 3.12. The van der Waals surface area contributed by atoms with Crippen LogP contribution in [0.4, 0.5) is 5.69 Å². The Bertz CT molecular complexity index is 1290. The largest absolute Gasteiger partial charge is 0.508 e. The van der Waals surface area contributed by atoms with Crippen molar-refractivity contribution < 1.29 is 28.2 Å². The lowest BCUT2D eigenvalue weighted by Gasteiger charge is -2.19. The first-order valence-corrected chi connectivity index (χ1v) is 10.6. The van der Waals surface area contributed by atoms with E-state index < -0.39 is 27.8 Å². The first-order chi connectivity index (χ1) is 13.7. The van der Waals surface area contributed by atoms with Gasteiger partial charge in [0.25, 0.3) is 0 Å². The van der Waals surface area contributed by atoms with Gasteiger partial charge in [-0.15, -0.1) is 0 Å². The van der Waals surface area contributed by atoms with Crippen LogP contribution in [0.15, 0.2) is 39.5 Å². The van der Waals surface area contributed by atoms with Gasteiger partial charge in [0.15, 0.2) is 11.3 Å². The molecule has 8 nitrogen and oxygen atoms in total. The lowest BCUT2D eigenvalue weighted by Crippen LogP contribution is -2.25. The molecule has 0 bridgehead atoms. The van der Waals surface area contributed by atoms with Gasteiger partial charge < -0.3 is 19.7 Å². The summed E-state index contributed by atoms with van der Waals surface area (Å²) in [6, 6.07) is 7.29. The Morgan fingerprint density at radius 3 is 2.59 bits per heavy atom. The molecule has 1 aliphatic rings. The number of phenols is 1. The lowest BCUT2D eigenvalue weighted by atomic mass is 10.0. The highest BCUT2D eigenvalue weighted by Crippen LogP contribution is 2.38.